The Morgan fingerprint density at radius 1 is 1.05 bits per heavy atom. The number of hydrogen-bond acceptors (Lipinski definition) is 3. The molecule has 20 heavy (non-hydrogen) atoms. The Hall–Kier alpha value is -2.93. The van der Waals surface area contributed by atoms with E-state index >= 15 is 0 Å². The second-order valence-corrected chi connectivity index (χ2v) is 4.26. The molecule has 2 aromatic heterocycles. The Morgan fingerprint density at radius 2 is 1.80 bits per heavy atom. The van der Waals surface area contributed by atoms with Crippen molar-refractivity contribution in [2.24, 2.45) is 0 Å². The van der Waals surface area contributed by atoms with E-state index < -0.39 is 0 Å². The number of methoxy groups -OCH3 is 1. The normalized spacial score (nSPS) is 10.2. The van der Waals surface area contributed by atoms with Crippen LogP contribution in [0.15, 0.2) is 54.9 Å². The van der Waals surface area contributed by atoms with Crippen LogP contribution in [-0.2, 0) is 0 Å². The SMILES string of the molecule is COc1ccccc1Oc1cccn2cc(C#N)cc12. The molecule has 1 aromatic carbocycles. The quantitative estimate of drug-likeness (QED) is 0.726. The Bertz CT molecular complexity index is 800. The Balaban J connectivity index is 2.07. The highest BCUT2D eigenvalue weighted by atomic mass is 16.5. The van der Waals surface area contributed by atoms with Gasteiger partial charge in [-0.1, -0.05) is 12.1 Å². The fraction of sp³-hybridized carbons (Fsp3) is 0.0625. The number of hydrogen-bond donors (Lipinski definition) is 0. The van der Waals surface area contributed by atoms with Crippen LogP contribution in [0.1, 0.15) is 5.56 Å². The van der Waals surface area contributed by atoms with Gasteiger partial charge in [-0.05, 0) is 30.3 Å². The van der Waals surface area contributed by atoms with Gasteiger partial charge in [0.05, 0.1) is 18.2 Å². The molecule has 0 atom stereocenters. The van der Waals surface area contributed by atoms with E-state index in [0.717, 1.165) is 5.52 Å². The lowest BCUT2D eigenvalue weighted by Gasteiger charge is -2.10. The summed E-state index contributed by atoms with van der Waals surface area (Å²) in [5.41, 5.74) is 1.44. The predicted molar refractivity (Wildman–Crippen MR) is 75.2 cm³/mol. The van der Waals surface area contributed by atoms with Gasteiger partial charge in [-0.15, -0.1) is 0 Å². The molecular weight excluding hydrogens is 252 g/mol. The van der Waals surface area contributed by atoms with Gasteiger partial charge in [0.25, 0.3) is 0 Å². The zero-order chi connectivity index (χ0) is 13.9. The third-order valence-corrected chi connectivity index (χ3v) is 3.01. The summed E-state index contributed by atoms with van der Waals surface area (Å²) >= 11 is 0. The first kappa shape index (κ1) is 12.1. The maximum absolute atomic E-state index is 8.98. The second kappa shape index (κ2) is 4.98. The summed E-state index contributed by atoms with van der Waals surface area (Å²) in [6.45, 7) is 0. The van der Waals surface area contributed by atoms with Gasteiger partial charge in [-0.3, -0.25) is 0 Å². The molecular formula is C16H12N2O2. The molecule has 0 aliphatic heterocycles. The second-order valence-electron chi connectivity index (χ2n) is 4.26. The first-order chi connectivity index (χ1) is 9.81. The molecule has 2 heterocycles. The van der Waals surface area contributed by atoms with Crippen molar-refractivity contribution in [3.05, 3.63) is 60.4 Å². The minimum absolute atomic E-state index is 0.598. The lowest BCUT2D eigenvalue weighted by Crippen LogP contribution is -1.91. The van der Waals surface area contributed by atoms with E-state index in [1.807, 2.05) is 47.0 Å². The Morgan fingerprint density at radius 3 is 2.55 bits per heavy atom. The van der Waals surface area contributed by atoms with Gasteiger partial charge in [-0.2, -0.15) is 5.26 Å². The van der Waals surface area contributed by atoms with Crippen LogP contribution >= 0.6 is 0 Å². The molecule has 0 spiro atoms. The van der Waals surface area contributed by atoms with Gasteiger partial charge in [0, 0.05) is 12.4 Å². The minimum Gasteiger partial charge on any atom is -0.493 e. The number of rotatable bonds is 3. The summed E-state index contributed by atoms with van der Waals surface area (Å²) in [5, 5.41) is 8.98. The van der Waals surface area contributed by atoms with Crippen molar-refractivity contribution in [1.82, 2.24) is 4.40 Å². The number of nitriles is 1. The summed E-state index contributed by atoms with van der Waals surface area (Å²) in [7, 11) is 1.60. The topological polar surface area (TPSA) is 46.7 Å². The number of benzene rings is 1. The Labute approximate surface area is 116 Å². The number of ether oxygens (including phenoxy) is 2. The summed E-state index contributed by atoms with van der Waals surface area (Å²) in [4.78, 5) is 0. The van der Waals surface area contributed by atoms with E-state index in [-0.39, 0.29) is 0 Å². The van der Waals surface area contributed by atoms with Crippen molar-refractivity contribution >= 4 is 5.52 Å². The maximum Gasteiger partial charge on any atom is 0.169 e. The summed E-state index contributed by atoms with van der Waals surface area (Å²) in [5.74, 6) is 1.99. The summed E-state index contributed by atoms with van der Waals surface area (Å²) in [6, 6.07) is 15.1. The largest absolute Gasteiger partial charge is 0.493 e. The van der Waals surface area contributed by atoms with Crippen LogP contribution in [0.3, 0.4) is 0 Å². The molecule has 0 amide bonds. The molecule has 4 nitrogen and oxygen atoms in total. The van der Waals surface area contributed by atoms with Crippen molar-refractivity contribution in [2.45, 2.75) is 0 Å². The number of nitrogens with zero attached hydrogens (tertiary/aromatic N) is 2. The molecule has 3 aromatic rings. The van der Waals surface area contributed by atoms with Gasteiger partial charge in [0.15, 0.2) is 17.2 Å². The van der Waals surface area contributed by atoms with Gasteiger partial charge < -0.3 is 13.9 Å². The highest BCUT2D eigenvalue weighted by Gasteiger charge is 2.09. The number of pyridine rings is 1. The average Bonchev–Trinajstić information content (AvgIpc) is 2.92. The third kappa shape index (κ3) is 2.06. The maximum atomic E-state index is 8.98. The van der Waals surface area contributed by atoms with E-state index in [4.69, 9.17) is 14.7 Å². The molecule has 0 aliphatic rings. The van der Waals surface area contributed by atoms with Gasteiger partial charge >= 0.3 is 0 Å². The molecule has 4 heteroatoms. The fourth-order valence-corrected chi connectivity index (χ4v) is 2.08. The zero-order valence-corrected chi connectivity index (χ0v) is 10.9. The minimum atomic E-state index is 0.598. The standard InChI is InChI=1S/C16H12N2O2/c1-19-15-5-2-3-6-16(15)20-14-7-4-8-18-11-12(10-17)9-13(14)18/h2-9,11H,1H3. The highest BCUT2D eigenvalue weighted by molar-refractivity contribution is 5.65. The first-order valence-corrected chi connectivity index (χ1v) is 6.13. The number of para-hydroxylation sites is 2. The van der Waals surface area contributed by atoms with Gasteiger partial charge in [0.2, 0.25) is 0 Å². The van der Waals surface area contributed by atoms with Crippen LogP contribution in [0.25, 0.3) is 5.52 Å². The van der Waals surface area contributed by atoms with Crippen LogP contribution in [0.5, 0.6) is 17.2 Å². The average molecular weight is 264 g/mol. The molecule has 0 fully saturated rings. The lowest BCUT2D eigenvalue weighted by molar-refractivity contribution is 0.379. The molecule has 3 rings (SSSR count). The van der Waals surface area contributed by atoms with Crippen LogP contribution in [-0.4, -0.2) is 11.5 Å². The molecule has 98 valence electrons. The summed E-state index contributed by atoms with van der Waals surface area (Å²) in [6.07, 6.45) is 3.65. The third-order valence-electron chi connectivity index (χ3n) is 3.01. The number of fused-ring (bicyclic) bond motifs is 1. The van der Waals surface area contributed by atoms with Crippen molar-refractivity contribution in [3.8, 4) is 23.3 Å². The number of aromatic nitrogens is 1. The fourth-order valence-electron chi connectivity index (χ4n) is 2.08. The van der Waals surface area contributed by atoms with E-state index in [9.17, 15) is 0 Å². The molecule has 0 unspecified atom stereocenters. The van der Waals surface area contributed by atoms with Crippen molar-refractivity contribution in [2.75, 3.05) is 7.11 Å². The molecule has 0 aliphatic carbocycles. The summed E-state index contributed by atoms with van der Waals surface area (Å²) < 4.78 is 13.1. The van der Waals surface area contributed by atoms with Crippen LogP contribution in [0.2, 0.25) is 0 Å². The van der Waals surface area contributed by atoms with E-state index in [1.165, 1.54) is 0 Å². The predicted octanol–water partition coefficient (Wildman–Crippen LogP) is 3.61. The van der Waals surface area contributed by atoms with E-state index in [0.29, 0.717) is 22.8 Å². The molecule has 0 saturated heterocycles. The lowest BCUT2D eigenvalue weighted by atomic mass is 10.3. The molecule has 0 saturated carbocycles. The monoisotopic (exact) mass is 264 g/mol. The smallest absolute Gasteiger partial charge is 0.169 e. The first-order valence-electron chi connectivity index (χ1n) is 6.13. The van der Waals surface area contributed by atoms with Crippen molar-refractivity contribution in [3.63, 3.8) is 0 Å². The van der Waals surface area contributed by atoms with Crippen molar-refractivity contribution in [1.29, 1.82) is 5.26 Å². The van der Waals surface area contributed by atoms with Crippen molar-refractivity contribution < 1.29 is 9.47 Å². The molecule has 0 bridgehead atoms. The Kier molecular flexibility index (Phi) is 3.02. The van der Waals surface area contributed by atoms with E-state index in [2.05, 4.69) is 6.07 Å². The molecule has 0 N–H and O–H groups in total. The van der Waals surface area contributed by atoms with Crippen LogP contribution < -0.4 is 9.47 Å². The van der Waals surface area contributed by atoms with Crippen LogP contribution in [0, 0.1) is 11.3 Å². The van der Waals surface area contributed by atoms with Crippen LogP contribution in [0.4, 0.5) is 0 Å². The van der Waals surface area contributed by atoms with E-state index in [1.54, 1.807) is 19.4 Å². The van der Waals surface area contributed by atoms with Gasteiger partial charge in [-0.25, -0.2) is 0 Å². The van der Waals surface area contributed by atoms with Gasteiger partial charge in [0.1, 0.15) is 6.07 Å². The zero-order valence-electron chi connectivity index (χ0n) is 10.9. The highest BCUT2D eigenvalue weighted by Crippen LogP contribution is 2.33. The molecule has 0 radical (unpaired) electrons.